The molecule has 0 amide bonds. The van der Waals surface area contributed by atoms with E-state index in [-0.39, 0.29) is 6.61 Å². The van der Waals surface area contributed by atoms with Crippen LogP contribution >= 0.6 is 22.9 Å². The number of rotatable bonds is 5. The van der Waals surface area contributed by atoms with Gasteiger partial charge in [0.1, 0.15) is 0 Å². The summed E-state index contributed by atoms with van der Waals surface area (Å²) in [5.74, 6) is 0. The number of hydrogen-bond donors (Lipinski definition) is 1. The van der Waals surface area contributed by atoms with Gasteiger partial charge in [-0.3, -0.25) is 0 Å². The van der Waals surface area contributed by atoms with E-state index in [1.807, 2.05) is 18.2 Å². The molecule has 1 fully saturated rings. The lowest BCUT2D eigenvalue weighted by atomic mass is 10.1. The first-order chi connectivity index (χ1) is 9.29. The van der Waals surface area contributed by atoms with Gasteiger partial charge in [0.2, 0.25) is 0 Å². The van der Waals surface area contributed by atoms with Crippen molar-refractivity contribution in [3.63, 3.8) is 0 Å². The Balaban J connectivity index is 1.96. The van der Waals surface area contributed by atoms with E-state index >= 15 is 0 Å². The van der Waals surface area contributed by atoms with Crippen LogP contribution in [0.1, 0.15) is 23.3 Å². The van der Waals surface area contributed by atoms with E-state index < -0.39 is 0 Å². The minimum Gasteiger partial charge on any atom is -0.392 e. The Hall–Kier alpha value is -1.03. The molecule has 1 saturated carbocycles. The van der Waals surface area contributed by atoms with E-state index in [1.54, 1.807) is 11.3 Å². The van der Waals surface area contributed by atoms with Gasteiger partial charge in [-0.1, -0.05) is 29.8 Å². The predicted octanol–water partition coefficient (Wildman–Crippen LogP) is 4.06. The molecule has 1 aliphatic rings. The summed E-state index contributed by atoms with van der Waals surface area (Å²) >= 11 is 8.13. The average molecular weight is 294 g/mol. The average Bonchev–Trinajstić information content (AvgIpc) is 3.14. The molecule has 19 heavy (non-hydrogen) atoms. The van der Waals surface area contributed by atoms with Crippen LogP contribution in [0.4, 0.5) is 5.69 Å². The normalized spacial score (nSPS) is 14.6. The van der Waals surface area contributed by atoms with Crippen LogP contribution in [-0.4, -0.2) is 11.1 Å². The Kier molecular flexibility index (Phi) is 3.78. The number of para-hydroxylation sites is 1. The number of aliphatic hydroxyl groups excluding tert-OH is 1. The number of aliphatic hydroxyl groups is 1. The molecule has 0 radical (unpaired) electrons. The molecule has 0 saturated heterocycles. The molecule has 1 aliphatic carbocycles. The molecule has 1 aromatic heterocycles. The molecule has 0 bridgehead atoms. The lowest BCUT2D eigenvalue weighted by molar-refractivity contribution is 0.282. The van der Waals surface area contributed by atoms with Crippen molar-refractivity contribution in [1.82, 2.24) is 0 Å². The summed E-state index contributed by atoms with van der Waals surface area (Å²) in [6.07, 6.45) is 2.42. The summed E-state index contributed by atoms with van der Waals surface area (Å²) in [6, 6.07) is 10.5. The molecule has 0 aliphatic heterocycles. The number of hydrogen-bond acceptors (Lipinski definition) is 3. The van der Waals surface area contributed by atoms with Gasteiger partial charge in [0.25, 0.3) is 0 Å². The van der Waals surface area contributed by atoms with Crippen molar-refractivity contribution in [2.75, 3.05) is 4.90 Å². The Morgan fingerprint density at radius 3 is 2.74 bits per heavy atom. The minimum atomic E-state index is 0.0313. The first-order valence-electron chi connectivity index (χ1n) is 6.47. The fourth-order valence-corrected chi connectivity index (χ4v) is 3.36. The molecule has 2 aromatic rings. The third kappa shape index (κ3) is 2.78. The highest BCUT2D eigenvalue weighted by molar-refractivity contribution is 7.09. The van der Waals surface area contributed by atoms with Gasteiger partial charge >= 0.3 is 0 Å². The van der Waals surface area contributed by atoms with E-state index in [0.717, 1.165) is 22.8 Å². The van der Waals surface area contributed by atoms with Crippen LogP contribution in [0.25, 0.3) is 0 Å². The van der Waals surface area contributed by atoms with Crippen LogP contribution in [0.2, 0.25) is 5.02 Å². The Labute approximate surface area is 122 Å². The van der Waals surface area contributed by atoms with E-state index in [9.17, 15) is 5.11 Å². The van der Waals surface area contributed by atoms with Crippen LogP contribution < -0.4 is 4.90 Å². The largest absolute Gasteiger partial charge is 0.392 e. The van der Waals surface area contributed by atoms with Crippen molar-refractivity contribution in [2.45, 2.75) is 32.0 Å². The first-order valence-corrected chi connectivity index (χ1v) is 7.72. The topological polar surface area (TPSA) is 23.5 Å². The minimum absolute atomic E-state index is 0.0313. The predicted molar refractivity (Wildman–Crippen MR) is 80.9 cm³/mol. The van der Waals surface area contributed by atoms with E-state index in [0.29, 0.717) is 6.04 Å². The van der Waals surface area contributed by atoms with Gasteiger partial charge in [0, 0.05) is 16.5 Å². The van der Waals surface area contributed by atoms with Crippen molar-refractivity contribution < 1.29 is 5.11 Å². The summed E-state index contributed by atoms with van der Waals surface area (Å²) < 4.78 is 0. The molecule has 3 rings (SSSR count). The lowest BCUT2D eigenvalue weighted by Crippen LogP contribution is -2.26. The number of halogens is 1. The van der Waals surface area contributed by atoms with Crippen LogP contribution in [0.5, 0.6) is 0 Å². The Morgan fingerprint density at radius 1 is 1.26 bits per heavy atom. The molecule has 1 heterocycles. The summed E-state index contributed by atoms with van der Waals surface area (Å²) in [5, 5.41) is 12.4. The van der Waals surface area contributed by atoms with Crippen molar-refractivity contribution in [1.29, 1.82) is 0 Å². The second-order valence-corrected chi connectivity index (χ2v) is 6.28. The molecular weight excluding hydrogens is 278 g/mol. The smallest absolute Gasteiger partial charge is 0.0702 e. The zero-order valence-electron chi connectivity index (χ0n) is 10.6. The van der Waals surface area contributed by atoms with Crippen LogP contribution in [0.15, 0.2) is 35.7 Å². The molecule has 4 heteroatoms. The monoisotopic (exact) mass is 293 g/mol. The van der Waals surface area contributed by atoms with Gasteiger partial charge in [-0.05, 0) is 30.4 Å². The Bertz CT molecular complexity index is 551. The van der Waals surface area contributed by atoms with Crippen molar-refractivity contribution in [3.05, 3.63) is 51.2 Å². The van der Waals surface area contributed by atoms with Crippen molar-refractivity contribution in [3.8, 4) is 0 Å². The molecule has 0 spiro atoms. The third-order valence-corrected chi connectivity index (χ3v) is 4.59. The molecule has 1 N–H and O–H groups in total. The molecule has 0 unspecified atom stereocenters. The SMILES string of the molecule is OCc1cccc(Cl)c1N(Cc1cccs1)C1CC1. The third-order valence-electron chi connectivity index (χ3n) is 3.42. The molecular formula is C15H16ClNOS. The highest BCUT2D eigenvalue weighted by Gasteiger charge is 2.31. The second-order valence-electron chi connectivity index (χ2n) is 4.84. The van der Waals surface area contributed by atoms with Gasteiger partial charge in [0.05, 0.1) is 23.9 Å². The van der Waals surface area contributed by atoms with Gasteiger partial charge in [0.15, 0.2) is 0 Å². The van der Waals surface area contributed by atoms with Gasteiger partial charge < -0.3 is 10.0 Å². The molecule has 100 valence electrons. The van der Waals surface area contributed by atoms with E-state index in [4.69, 9.17) is 11.6 Å². The number of anilines is 1. The van der Waals surface area contributed by atoms with Crippen LogP contribution in [0, 0.1) is 0 Å². The molecule has 2 nitrogen and oxygen atoms in total. The van der Waals surface area contributed by atoms with Gasteiger partial charge in [-0.2, -0.15) is 0 Å². The number of thiophene rings is 1. The number of nitrogens with zero attached hydrogens (tertiary/aromatic N) is 1. The first kappa shape index (κ1) is 13.0. The summed E-state index contributed by atoms with van der Waals surface area (Å²) in [6.45, 7) is 0.905. The highest BCUT2D eigenvalue weighted by Crippen LogP contribution is 2.39. The maximum absolute atomic E-state index is 9.54. The van der Waals surface area contributed by atoms with E-state index in [2.05, 4.69) is 22.4 Å². The second kappa shape index (κ2) is 5.53. The summed E-state index contributed by atoms with van der Waals surface area (Å²) in [5.41, 5.74) is 1.92. The van der Waals surface area contributed by atoms with Gasteiger partial charge in [-0.25, -0.2) is 0 Å². The zero-order valence-corrected chi connectivity index (χ0v) is 12.1. The fourth-order valence-electron chi connectivity index (χ4n) is 2.36. The maximum atomic E-state index is 9.54. The van der Waals surface area contributed by atoms with Gasteiger partial charge in [-0.15, -0.1) is 11.3 Å². The van der Waals surface area contributed by atoms with Crippen LogP contribution in [-0.2, 0) is 13.2 Å². The maximum Gasteiger partial charge on any atom is 0.0702 e. The quantitative estimate of drug-likeness (QED) is 0.898. The fraction of sp³-hybridized carbons (Fsp3) is 0.333. The summed E-state index contributed by atoms with van der Waals surface area (Å²) in [4.78, 5) is 3.68. The molecule has 0 atom stereocenters. The molecule has 1 aromatic carbocycles. The lowest BCUT2D eigenvalue weighted by Gasteiger charge is -2.27. The van der Waals surface area contributed by atoms with E-state index in [1.165, 1.54) is 17.7 Å². The number of benzene rings is 1. The zero-order chi connectivity index (χ0) is 13.2. The highest BCUT2D eigenvalue weighted by atomic mass is 35.5. The van der Waals surface area contributed by atoms with Crippen LogP contribution in [0.3, 0.4) is 0 Å². The van der Waals surface area contributed by atoms with Crippen molar-refractivity contribution in [2.24, 2.45) is 0 Å². The van der Waals surface area contributed by atoms with Crippen molar-refractivity contribution >= 4 is 28.6 Å². The Morgan fingerprint density at radius 2 is 2.11 bits per heavy atom. The summed E-state index contributed by atoms with van der Waals surface area (Å²) in [7, 11) is 0. The standard InChI is InChI=1S/C15H16ClNOS/c16-14-5-1-3-11(10-18)15(14)17(12-6-7-12)9-13-4-2-8-19-13/h1-5,8,12,18H,6-7,9-10H2.